The Balaban J connectivity index is 0. The summed E-state index contributed by atoms with van der Waals surface area (Å²) in [5.41, 5.74) is 0. The first-order chi connectivity index (χ1) is 6.09. The fraction of sp³-hybridized carbons (Fsp3) is 0.750. The molecule has 1 amide bonds. The summed E-state index contributed by atoms with van der Waals surface area (Å²) in [7, 11) is 1.99. The van der Waals surface area contributed by atoms with Crippen LogP contribution in [-0.4, -0.2) is 60.0 Å². The molecule has 0 radical (unpaired) electrons. The molecule has 0 aliphatic carbocycles. The van der Waals surface area contributed by atoms with E-state index in [1.54, 1.807) is 4.90 Å². The summed E-state index contributed by atoms with van der Waals surface area (Å²) in [5.74, 6) is -1.33. The first kappa shape index (κ1) is 13.5. The molecule has 1 N–H and O–H groups in total. The van der Waals surface area contributed by atoms with Crippen LogP contribution < -0.4 is 18.9 Å². The predicted molar refractivity (Wildman–Crippen MR) is 47.4 cm³/mol. The maximum absolute atomic E-state index is 11.2. The summed E-state index contributed by atoms with van der Waals surface area (Å²) in [5, 5.41) is 8.41. The molecule has 0 saturated carbocycles. The zero-order valence-corrected chi connectivity index (χ0v) is 8.69. The third kappa shape index (κ3) is 4.14. The summed E-state index contributed by atoms with van der Waals surface area (Å²) >= 11 is 0. The second kappa shape index (κ2) is 6.07. The molecule has 5 nitrogen and oxygen atoms in total. The topological polar surface area (TPSA) is 60.9 Å². The number of likely N-dealkylation sites (N-methyl/N-ethyl adjacent to an activating group) is 1. The van der Waals surface area contributed by atoms with Crippen LogP contribution in [0.25, 0.3) is 0 Å². The zero-order valence-electron chi connectivity index (χ0n) is 9.69. The van der Waals surface area contributed by atoms with Crippen LogP contribution in [0.4, 0.5) is 0 Å². The van der Waals surface area contributed by atoms with E-state index in [9.17, 15) is 9.59 Å². The number of hydrogen-bond acceptors (Lipinski definition) is 3. The van der Waals surface area contributed by atoms with Gasteiger partial charge in [0.15, 0.2) is 0 Å². The van der Waals surface area contributed by atoms with Crippen molar-refractivity contribution in [3.8, 4) is 0 Å². The summed E-state index contributed by atoms with van der Waals surface area (Å²) in [6, 6.07) is 0. The van der Waals surface area contributed by atoms with Gasteiger partial charge < -0.3 is 16.3 Å². The fourth-order valence-electron chi connectivity index (χ4n) is 1.30. The van der Waals surface area contributed by atoms with E-state index in [2.05, 4.69) is 4.90 Å². The smallest absolute Gasteiger partial charge is 1.00 e. The van der Waals surface area contributed by atoms with E-state index in [0.717, 1.165) is 13.1 Å². The summed E-state index contributed by atoms with van der Waals surface area (Å²) in [6.07, 6.45) is -0.385. The Bertz CT molecular complexity index is 220. The number of carboxylic acids is 1. The minimum Gasteiger partial charge on any atom is -1.00 e. The number of aliphatic carboxylic acids is 1. The second-order valence-corrected chi connectivity index (χ2v) is 3.25. The van der Waals surface area contributed by atoms with E-state index in [0.29, 0.717) is 13.1 Å². The van der Waals surface area contributed by atoms with Gasteiger partial charge in [0.1, 0.15) is 6.42 Å². The summed E-state index contributed by atoms with van der Waals surface area (Å²) < 4.78 is 0. The second-order valence-electron chi connectivity index (χ2n) is 3.25. The van der Waals surface area contributed by atoms with Crippen molar-refractivity contribution in [2.45, 2.75) is 6.42 Å². The Morgan fingerprint density at radius 2 is 1.79 bits per heavy atom. The Morgan fingerprint density at radius 1 is 1.29 bits per heavy atom. The van der Waals surface area contributed by atoms with E-state index in [1.807, 2.05) is 7.05 Å². The van der Waals surface area contributed by atoms with Crippen molar-refractivity contribution in [3.05, 3.63) is 0 Å². The van der Waals surface area contributed by atoms with Crippen molar-refractivity contribution < 1.29 is 35.0 Å². The number of nitrogens with zero attached hydrogens (tertiary/aromatic N) is 2. The number of rotatable bonds is 2. The molecule has 6 heteroatoms. The average Bonchev–Trinajstić information content (AvgIpc) is 2.04. The van der Waals surface area contributed by atoms with Gasteiger partial charge in [-0.15, -0.1) is 0 Å². The predicted octanol–water partition coefficient (Wildman–Crippen LogP) is -3.65. The molecule has 0 spiro atoms. The molecule has 1 saturated heterocycles. The largest absolute Gasteiger partial charge is 1.00 e. The molecular weight excluding hydrogens is 179 g/mol. The van der Waals surface area contributed by atoms with Gasteiger partial charge in [-0.05, 0) is 7.05 Å². The van der Waals surface area contributed by atoms with Crippen molar-refractivity contribution in [2.75, 3.05) is 33.2 Å². The Hall–Kier alpha value is -0.503. The summed E-state index contributed by atoms with van der Waals surface area (Å²) in [4.78, 5) is 25.2. The molecule has 0 atom stereocenters. The molecule has 14 heavy (non-hydrogen) atoms. The van der Waals surface area contributed by atoms with Crippen LogP contribution in [-0.2, 0) is 9.59 Å². The number of hydrogen-bond donors (Lipinski definition) is 1. The fourth-order valence-corrected chi connectivity index (χ4v) is 1.30. The molecule has 76 valence electrons. The van der Waals surface area contributed by atoms with Crippen LogP contribution in [0.1, 0.15) is 7.85 Å². The van der Waals surface area contributed by atoms with Gasteiger partial charge in [-0.1, -0.05) is 0 Å². The van der Waals surface area contributed by atoms with E-state index >= 15 is 0 Å². The van der Waals surface area contributed by atoms with Crippen LogP contribution in [0.15, 0.2) is 0 Å². The van der Waals surface area contributed by atoms with Crippen LogP contribution in [0, 0.1) is 0 Å². The molecular formula is C8H15LiN2O3. The van der Waals surface area contributed by atoms with Gasteiger partial charge in [-0.25, -0.2) is 0 Å². The molecule has 1 fully saturated rings. The normalized spacial score (nSPS) is 17.4. The molecule has 0 bridgehead atoms. The van der Waals surface area contributed by atoms with Crippen LogP contribution in [0.5, 0.6) is 0 Å². The Labute approximate surface area is 96.7 Å². The van der Waals surface area contributed by atoms with E-state index in [4.69, 9.17) is 5.11 Å². The standard InChI is InChI=1S/C8H14N2O3.Li.H/c1-9-2-4-10(5-3-9)7(11)6-8(12)13;;/h2-6H2,1H3,(H,12,13);;/q;+1;-1. The van der Waals surface area contributed by atoms with Crippen molar-refractivity contribution in [1.29, 1.82) is 0 Å². The van der Waals surface area contributed by atoms with Gasteiger partial charge in [0.05, 0.1) is 0 Å². The zero-order chi connectivity index (χ0) is 9.84. The number of carboxylic acid groups (broad SMARTS) is 1. The average molecular weight is 194 g/mol. The first-order valence-corrected chi connectivity index (χ1v) is 4.27. The van der Waals surface area contributed by atoms with Crippen molar-refractivity contribution in [2.24, 2.45) is 0 Å². The first-order valence-electron chi connectivity index (χ1n) is 4.27. The number of carbonyl (C=O) groups is 2. The molecule has 1 rings (SSSR count). The van der Waals surface area contributed by atoms with Gasteiger partial charge in [0.25, 0.3) is 0 Å². The third-order valence-electron chi connectivity index (χ3n) is 2.16. The van der Waals surface area contributed by atoms with E-state index in [1.165, 1.54) is 0 Å². The monoisotopic (exact) mass is 194 g/mol. The van der Waals surface area contributed by atoms with Crippen LogP contribution in [0.2, 0.25) is 0 Å². The molecule has 0 aromatic heterocycles. The Kier molecular flexibility index (Phi) is 5.85. The van der Waals surface area contributed by atoms with Crippen molar-refractivity contribution in [1.82, 2.24) is 9.80 Å². The maximum atomic E-state index is 11.2. The van der Waals surface area contributed by atoms with Gasteiger partial charge in [0, 0.05) is 26.2 Å². The summed E-state index contributed by atoms with van der Waals surface area (Å²) in [6.45, 7) is 2.93. The quantitative estimate of drug-likeness (QED) is 0.364. The van der Waals surface area contributed by atoms with E-state index in [-0.39, 0.29) is 32.6 Å². The van der Waals surface area contributed by atoms with Crippen LogP contribution in [0.3, 0.4) is 0 Å². The molecule has 0 unspecified atom stereocenters. The molecule has 1 aliphatic rings. The Morgan fingerprint density at radius 3 is 2.21 bits per heavy atom. The van der Waals surface area contributed by atoms with Crippen molar-refractivity contribution >= 4 is 11.9 Å². The van der Waals surface area contributed by atoms with Gasteiger partial charge >= 0.3 is 24.8 Å². The third-order valence-corrected chi connectivity index (χ3v) is 2.16. The maximum Gasteiger partial charge on any atom is 1.00 e. The number of piperazine rings is 1. The molecule has 0 aromatic rings. The van der Waals surface area contributed by atoms with Gasteiger partial charge in [0.2, 0.25) is 5.91 Å². The van der Waals surface area contributed by atoms with Gasteiger partial charge in [-0.2, -0.15) is 0 Å². The number of amides is 1. The molecule has 0 aromatic carbocycles. The SMILES string of the molecule is CN1CCN(C(=O)CC(=O)O)CC1.[H-].[Li+]. The molecule has 1 aliphatic heterocycles. The van der Waals surface area contributed by atoms with Gasteiger partial charge in [-0.3, -0.25) is 9.59 Å². The van der Waals surface area contributed by atoms with Crippen molar-refractivity contribution in [3.63, 3.8) is 0 Å². The van der Waals surface area contributed by atoms with E-state index < -0.39 is 5.97 Å². The minimum atomic E-state index is -1.05. The minimum absolute atomic E-state index is 0. The molecule has 1 heterocycles. The van der Waals surface area contributed by atoms with Crippen LogP contribution >= 0.6 is 0 Å². The number of carbonyl (C=O) groups excluding carboxylic acids is 1.